The molecule has 0 saturated heterocycles. The summed E-state index contributed by atoms with van der Waals surface area (Å²) in [6.07, 6.45) is -0.191. The highest BCUT2D eigenvalue weighted by molar-refractivity contribution is 6.43. The highest BCUT2D eigenvalue weighted by atomic mass is 35.5. The third-order valence-corrected chi connectivity index (χ3v) is 3.06. The van der Waals surface area contributed by atoms with Crippen molar-refractivity contribution < 1.29 is 14.7 Å². The number of amides is 2. The molecule has 0 aliphatic carbocycles. The minimum absolute atomic E-state index is 0.191. The summed E-state index contributed by atoms with van der Waals surface area (Å²) < 4.78 is 0. The maximum Gasteiger partial charge on any atom is 0.319 e. The van der Waals surface area contributed by atoms with Crippen LogP contribution < -0.4 is 10.6 Å². The van der Waals surface area contributed by atoms with Crippen molar-refractivity contribution in [2.75, 3.05) is 5.32 Å². The van der Waals surface area contributed by atoms with Crippen LogP contribution in [-0.2, 0) is 4.79 Å². The molecule has 0 unspecified atom stereocenters. The van der Waals surface area contributed by atoms with Crippen molar-refractivity contribution in [1.29, 1.82) is 0 Å². The Labute approximate surface area is 120 Å². The molecular formula is C12H14Cl2N2O3. The smallest absolute Gasteiger partial charge is 0.319 e. The number of halogens is 2. The highest BCUT2D eigenvalue weighted by Gasteiger charge is 2.24. The maximum absolute atomic E-state index is 11.8. The number of aliphatic carboxylic acids is 1. The van der Waals surface area contributed by atoms with Gasteiger partial charge >= 0.3 is 12.0 Å². The predicted octanol–water partition coefficient (Wildman–Crippen LogP) is 3.37. The minimum Gasteiger partial charge on any atom is -0.481 e. The van der Waals surface area contributed by atoms with E-state index in [4.69, 9.17) is 28.3 Å². The Balaban J connectivity index is 2.70. The number of nitrogens with one attached hydrogen (secondary N) is 2. The Morgan fingerprint density at radius 2 is 1.95 bits per heavy atom. The zero-order valence-corrected chi connectivity index (χ0v) is 12.0. The third kappa shape index (κ3) is 4.96. The summed E-state index contributed by atoms with van der Waals surface area (Å²) in [6.45, 7) is 3.22. The Morgan fingerprint density at radius 3 is 2.53 bits per heavy atom. The van der Waals surface area contributed by atoms with Crippen LogP contribution >= 0.6 is 23.2 Å². The molecule has 0 aromatic heterocycles. The van der Waals surface area contributed by atoms with E-state index in [0.29, 0.717) is 10.7 Å². The lowest BCUT2D eigenvalue weighted by atomic mass is 10.0. The number of carbonyl (C=O) groups excluding carboxylic acids is 1. The second-order valence-electron chi connectivity index (χ2n) is 4.63. The SMILES string of the molecule is CC(C)(CC(=O)O)NC(=O)Nc1cccc(Cl)c1Cl. The standard InChI is InChI=1S/C12H14Cl2N2O3/c1-12(2,6-9(17)18)16-11(19)15-8-5-3-4-7(13)10(8)14/h3-5H,6H2,1-2H3,(H,17,18)(H2,15,16,19). The molecule has 0 aliphatic heterocycles. The Morgan fingerprint density at radius 1 is 1.32 bits per heavy atom. The number of hydrogen-bond acceptors (Lipinski definition) is 2. The number of hydrogen-bond donors (Lipinski definition) is 3. The molecule has 7 heteroatoms. The second kappa shape index (κ2) is 6.12. The van der Waals surface area contributed by atoms with E-state index < -0.39 is 17.5 Å². The van der Waals surface area contributed by atoms with E-state index in [1.165, 1.54) is 0 Å². The van der Waals surface area contributed by atoms with Gasteiger partial charge in [-0.25, -0.2) is 4.79 Å². The number of rotatable bonds is 4. The van der Waals surface area contributed by atoms with E-state index in [9.17, 15) is 9.59 Å². The average Bonchev–Trinajstić information content (AvgIpc) is 2.21. The Hall–Kier alpha value is -1.46. The number of benzene rings is 1. The summed E-state index contributed by atoms with van der Waals surface area (Å²) in [5.41, 5.74) is -0.515. The van der Waals surface area contributed by atoms with Crippen molar-refractivity contribution in [1.82, 2.24) is 5.32 Å². The van der Waals surface area contributed by atoms with Crippen LogP contribution in [0.15, 0.2) is 18.2 Å². The van der Waals surface area contributed by atoms with Crippen LogP contribution in [0.25, 0.3) is 0 Å². The van der Waals surface area contributed by atoms with Crippen molar-refractivity contribution in [2.45, 2.75) is 25.8 Å². The zero-order valence-electron chi connectivity index (χ0n) is 10.5. The summed E-state index contributed by atoms with van der Waals surface area (Å²) in [4.78, 5) is 22.4. The second-order valence-corrected chi connectivity index (χ2v) is 5.42. The molecular weight excluding hydrogens is 291 g/mol. The molecule has 0 saturated carbocycles. The molecule has 2 amide bonds. The first-order chi connectivity index (χ1) is 8.71. The van der Waals surface area contributed by atoms with Crippen molar-refractivity contribution >= 4 is 40.9 Å². The van der Waals surface area contributed by atoms with Gasteiger partial charge in [-0.05, 0) is 26.0 Å². The molecule has 0 radical (unpaired) electrons. The molecule has 5 nitrogen and oxygen atoms in total. The van der Waals surface area contributed by atoms with E-state index in [2.05, 4.69) is 10.6 Å². The van der Waals surface area contributed by atoms with Crippen LogP contribution in [0.1, 0.15) is 20.3 Å². The van der Waals surface area contributed by atoms with Gasteiger partial charge in [0.15, 0.2) is 0 Å². The van der Waals surface area contributed by atoms with Crippen molar-refractivity contribution in [3.63, 3.8) is 0 Å². The Kier molecular flexibility index (Phi) is 5.03. The van der Waals surface area contributed by atoms with Gasteiger partial charge in [-0.3, -0.25) is 4.79 Å². The first-order valence-corrected chi connectivity index (χ1v) is 6.22. The lowest BCUT2D eigenvalue weighted by Gasteiger charge is -2.24. The molecule has 0 bridgehead atoms. The summed E-state index contributed by atoms with van der Waals surface area (Å²) >= 11 is 11.7. The third-order valence-electron chi connectivity index (χ3n) is 2.24. The van der Waals surface area contributed by atoms with Gasteiger partial charge in [0.25, 0.3) is 0 Å². The molecule has 0 heterocycles. The molecule has 104 valence electrons. The fraction of sp³-hybridized carbons (Fsp3) is 0.333. The maximum atomic E-state index is 11.8. The van der Waals surface area contributed by atoms with Crippen LogP contribution in [0.4, 0.5) is 10.5 Å². The van der Waals surface area contributed by atoms with Crippen LogP contribution in [-0.4, -0.2) is 22.6 Å². The number of urea groups is 1. The monoisotopic (exact) mass is 304 g/mol. The van der Waals surface area contributed by atoms with Gasteiger partial charge in [-0.15, -0.1) is 0 Å². The fourth-order valence-electron chi connectivity index (χ4n) is 1.48. The van der Waals surface area contributed by atoms with Crippen LogP contribution in [0.5, 0.6) is 0 Å². The normalized spacial score (nSPS) is 10.9. The zero-order chi connectivity index (χ0) is 14.6. The van der Waals surface area contributed by atoms with Crippen molar-refractivity contribution in [2.24, 2.45) is 0 Å². The number of carboxylic acids is 1. The van der Waals surface area contributed by atoms with Gasteiger partial charge in [0.2, 0.25) is 0 Å². The van der Waals surface area contributed by atoms with Crippen molar-refractivity contribution in [3.05, 3.63) is 28.2 Å². The molecule has 0 aliphatic rings. The molecule has 3 N–H and O–H groups in total. The summed E-state index contributed by atoms with van der Waals surface area (Å²) in [5, 5.41) is 14.3. The van der Waals surface area contributed by atoms with Gasteiger partial charge in [0.1, 0.15) is 0 Å². The number of carboxylic acid groups (broad SMARTS) is 1. The predicted molar refractivity (Wildman–Crippen MR) is 74.9 cm³/mol. The molecule has 0 spiro atoms. The van der Waals surface area contributed by atoms with Crippen LogP contribution in [0.3, 0.4) is 0 Å². The van der Waals surface area contributed by atoms with Gasteiger partial charge in [0, 0.05) is 5.54 Å². The topological polar surface area (TPSA) is 78.4 Å². The van der Waals surface area contributed by atoms with E-state index in [1.807, 2.05) is 0 Å². The average molecular weight is 305 g/mol. The number of anilines is 1. The van der Waals surface area contributed by atoms with Crippen LogP contribution in [0.2, 0.25) is 10.0 Å². The van der Waals surface area contributed by atoms with Crippen molar-refractivity contribution in [3.8, 4) is 0 Å². The first kappa shape index (κ1) is 15.6. The van der Waals surface area contributed by atoms with Gasteiger partial charge in [-0.2, -0.15) is 0 Å². The minimum atomic E-state index is -0.994. The molecule has 1 aromatic carbocycles. The first-order valence-electron chi connectivity index (χ1n) is 5.46. The lowest BCUT2D eigenvalue weighted by molar-refractivity contribution is -0.138. The summed E-state index contributed by atoms with van der Waals surface area (Å²) in [7, 11) is 0. The summed E-state index contributed by atoms with van der Waals surface area (Å²) in [6, 6.07) is 4.29. The van der Waals surface area contributed by atoms with Gasteiger partial charge in [-0.1, -0.05) is 29.3 Å². The highest BCUT2D eigenvalue weighted by Crippen LogP contribution is 2.29. The van der Waals surface area contributed by atoms with Crippen LogP contribution in [0, 0.1) is 0 Å². The van der Waals surface area contributed by atoms with E-state index >= 15 is 0 Å². The van der Waals surface area contributed by atoms with E-state index in [0.717, 1.165) is 0 Å². The lowest BCUT2D eigenvalue weighted by Crippen LogP contribution is -2.46. The van der Waals surface area contributed by atoms with E-state index in [1.54, 1.807) is 32.0 Å². The van der Waals surface area contributed by atoms with Gasteiger partial charge < -0.3 is 15.7 Å². The van der Waals surface area contributed by atoms with Gasteiger partial charge in [0.05, 0.1) is 22.2 Å². The Bertz CT molecular complexity index is 504. The molecule has 1 aromatic rings. The quantitative estimate of drug-likeness (QED) is 0.798. The molecule has 0 atom stereocenters. The largest absolute Gasteiger partial charge is 0.481 e. The molecule has 0 fully saturated rings. The summed E-state index contributed by atoms with van der Waals surface area (Å²) in [5.74, 6) is -0.994. The van der Waals surface area contributed by atoms with E-state index in [-0.39, 0.29) is 11.4 Å². The molecule has 19 heavy (non-hydrogen) atoms. The number of carbonyl (C=O) groups is 2. The fourth-order valence-corrected chi connectivity index (χ4v) is 1.83. The molecule has 1 rings (SSSR count).